The first-order valence-electron chi connectivity index (χ1n) is 13.7. The molecule has 1 atom stereocenters. The van der Waals surface area contributed by atoms with Crippen LogP contribution in [-0.2, 0) is 32.6 Å². The standard InChI is InChI=1S/C32H41N3O4S/c1-6-33-32(37)30(22-27-14-8-7-9-15-27)34(23-28-16-11-10-13-26(28)4)31(36)17-12-18-35(40(5,38)39)29-20-24(2)19-25(3)21-29/h7-11,13-16,19-21,30H,6,12,17-18,22-23H2,1-5H3,(H,33,37)/t30-/m1/s1. The average molecular weight is 564 g/mol. The van der Waals surface area contributed by atoms with Gasteiger partial charge in [0.1, 0.15) is 6.04 Å². The Morgan fingerprint density at radius 1 is 0.900 bits per heavy atom. The summed E-state index contributed by atoms with van der Waals surface area (Å²) in [7, 11) is -3.56. The van der Waals surface area contributed by atoms with Crippen LogP contribution in [0.3, 0.4) is 0 Å². The molecular formula is C32H41N3O4S. The second-order valence-electron chi connectivity index (χ2n) is 10.3. The summed E-state index contributed by atoms with van der Waals surface area (Å²) in [4.78, 5) is 28.8. The molecule has 0 aliphatic carbocycles. The molecule has 2 amide bonds. The third-order valence-electron chi connectivity index (χ3n) is 6.87. The molecule has 0 aliphatic heterocycles. The van der Waals surface area contributed by atoms with Crippen LogP contribution in [0.1, 0.15) is 47.6 Å². The summed E-state index contributed by atoms with van der Waals surface area (Å²) < 4.78 is 26.7. The molecule has 40 heavy (non-hydrogen) atoms. The van der Waals surface area contributed by atoms with Gasteiger partial charge in [-0.25, -0.2) is 8.42 Å². The van der Waals surface area contributed by atoms with E-state index in [9.17, 15) is 18.0 Å². The highest BCUT2D eigenvalue weighted by Crippen LogP contribution is 2.23. The van der Waals surface area contributed by atoms with Crippen molar-refractivity contribution < 1.29 is 18.0 Å². The van der Waals surface area contributed by atoms with E-state index in [1.807, 2.05) is 100 Å². The van der Waals surface area contributed by atoms with Crippen molar-refractivity contribution in [3.8, 4) is 0 Å². The molecule has 3 aromatic carbocycles. The Morgan fingerprint density at radius 3 is 2.12 bits per heavy atom. The van der Waals surface area contributed by atoms with Crippen LogP contribution in [-0.4, -0.2) is 50.5 Å². The highest BCUT2D eigenvalue weighted by Gasteiger charge is 2.30. The van der Waals surface area contributed by atoms with Crippen LogP contribution in [0.25, 0.3) is 0 Å². The number of nitrogens with zero attached hydrogens (tertiary/aromatic N) is 2. The number of likely N-dealkylation sites (N-methyl/N-ethyl adjacent to an activating group) is 1. The molecule has 0 bridgehead atoms. The molecule has 0 aliphatic rings. The molecule has 3 rings (SSSR count). The van der Waals surface area contributed by atoms with Crippen LogP contribution in [0.15, 0.2) is 72.8 Å². The van der Waals surface area contributed by atoms with Gasteiger partial charge in [-0.1, -0.05) is 60.7 Å². The molecule has 0 radical (unpaired) electrons. The Labute approximate surface area is 239 Å². The largest absolute Gasteiger partial charge is 0.355 e. The third-order valence-corrected chi connectivity index (χ3v) is 8.06. The Bertz CT molecular complexity index is 1390. The maximum Gasteiger partial charge on any atom is 0.243 e. The monoisotopic (exact) mass is 563 g/mol. The van der Waals surface area contributed by atoms with Crippen molar-refractivity contribution in [2.45, 2.75) is 59.5 Å². The van der Waals surface area contributed by atoms with Crippen LogP contribution in [0.5, 0.6) is 0 Å². The minimum Gasteiger partial charge on any atom is -0.355 e. The van der Waals surface area contributed by atoms with Crippen molar-refractivity contribution >= 4 is 27.5 Å². The van der Waals surface area contributed by atoms with Gasteiger partial charge in [0.2, 0.25) is 21.8 Å². The van der Waals surface area contributed by atoms with Crippen LogP contribution in [0, 0.1) is 20.8 Å². The number of hydrogen-bond acceptors (Lipinski definition) is 4. The van der Waals surface area contributed by atoms with E-state index in [1.165, 1.54) is 10.6 Å². The maximum atomic E-state index is 13.9. The van der Waals surface area contributed by atoms with Gasteiger partial charge in [0.25, 0.3) is 0 Å². The van der Waals surface area contributed by atoms with Crippen molar-refractivity contribution in [3.63, 3.8) is 0 Å². The fraction of sp³-hybridized carbons (Fsp3) is 0.375. The van der Waals surface area contributed by atoms with Crippen molar-refractivity contribution in [1.29, 1.82) is 0 Å². The van der Waals surface area contributed by atoms with Crippen LogP contribution in [0.2, 0.25) is 0 Å². The van der Waals surface area contributed by atoms with Gasteiger partial charge >= 0.3 is 0 Å². The summed E-state index contributed by atoms with van der Waals surface area (Å²) in [5.74, 6) is -0.398. The molecular weight excluding hydrogens is 522 g/mol. The van der Waals surface area contributed by atoms with Crippen LogP contribution in [0.4, 0.5) is 5.69 Å². The summed E-state index contributed by atoms with van der Waals surface area (Å²) >= 11 is 0. The number of hydrogen-bond donors (Lipinski definition) is 1. The quantitative estimate of drug-likeness (QED) is 0.319. The van der Waals surface area contributed by atoms with Crippen LogP contribution >= 0.6 is 0 Å². The van der Waals surface area contributed by atoms with Crippen molar-refractivity contribution in [3.05, 3.63) is 101 Å². The predicted molar refractivity (Wildman–Crippen MR) is 162 cm³/mol. The first-order chi connectivity index (χ1) is 19.0. The molecule has 7 nitrogen and oxygen atoms in total. The van der Waals surface area contributed by atoms with Gasteiger partial charge in [-0.3, -0.25) is 13.9 Å². The molecule has 1 N–H and O–H groups in total. The third kappa shape index (κ3) is 8.68. The molecule has 0 spiro atoms. The van der Waals surface area contributed by atoms with Gasteiger partial charge in [0, 0.05) is 32.5 Å². The highest BCUT2D eigenvalue weighted by atomic mass is 32.2. The molecule has 0 fully saturated rings. The summed E-state index contributed by atoms with van der Waals surface area (Å²) in [6.45, 7) is 8.61. The molecule has 214 valence electrons. The smallest absolute Gasteiger partial charge is 0.243 e. The molecule has 0 unspecified atom stereocenters. The number of aryl methyl sites for hydroxylation is 3. The summed E-state index contributed by atoms with van der Waals surface area (Å²) in [6, 6.07) is 22.5. The van der Waals surface area contributed by atoms with E-state index in [0.29, 0.717) is 25.1 Å². The van der Waals surface area contributed by atoms with E-state index in [0.717, 1.165) is 27.8 Å². The number of rotatable bonds is 13. The number of carbonyl (C=O) groups excluding carboxylic acids is 2. The fourth-order valence-electron chi connectivity index (χ4n) is 4.92. The minimum absolute atomic E-state index is 0.105. The Kier molecular flexibility index (Phi) is 10.9. The second kappa shape index (κ2) is 14.1. The van der Waals surface area contributed by atoms with E-state index in [4.69, 9.17) is 0 Å². The predicted octanol–water partition coefficient (Wildman–Crippen LogP) is 4.93. The Balaban J connectivity index is 1.88. The van der Waals surface area contributed by atoms with Crippen molar-refractivity contribution in [2.75, 3.05) is 23.7 Å². The van der Waals surface area contributed by atoms with E-state index >= 15 is 0 Å². The zero-order chi connectivity index (χ0) is 29.3. The number of benzene rings is 3. The first-order valence-corrected chi connectivity index (χ1v) is 15.6. The lowest BCUT2D eigenvalue weighted by Crippen LogP contribution is -2.50. The van der Waals surface area contributed by atoms with Crippen LogP contribution < -0.4 is 9.62 Å². The molecule has 0 aromatic heterocycles. The van der Waals surface area contributed by atoms with Crippen molar-refractivity contribution in [2.24, 2.45) is 0 Å². The summed E-state index contributed by atoms with van der Waals surface area (Å²) in [6.07, 6.45) is 1.98. The molecule has 0 heterocycles. The number of sulfonamides is 1. The maximum absolute atomic E-state index is 13.9. The highest BCUT2D eigenvalue weighted by molar-refractivity contribution is 7.92. The number of amides is 2. The van der Waals surface area contributed by atoms with Gasteiger partial charge in [-0.2, -0.15) is 0 Å². The SMILES string of the molecule is CCNC(=O)[C@@H](Cc1ccccc1)N(Cc1ccccc1C)C(=O)CCCN(c1cc(C)cc(C)c1)S(C)(=O)=O. The van der Waals surface area contributed by atoms with Gasteiger partial charge in [0.15, 0.2) is 0 Å². The fourth-order valence-corrected chi connectivity index (χ4v) is 5.86. The minimum atomic E-state index is -3.56. The van der Waals surface area contributed by atoms with Gasteiger partial charge in [-0.15, -0.1) is 0 Å². The van der Waals surface area contributed by atoms with Gasteiger partial charge < -0.3 is 10.2 Å². The molecule has 0 saturated carbocycles. The lowest BCUT2D eigenvalue weighted by atomic mass is 10.0. The number of carbonyl (C=O) groups is 2. The van der Waals surface area contributed by atoms with Gasteiger partial charge in [0.05, 0.1) is 11.9 Å². The topological polar surface area (TPSA) is 86.8 Å². The number of nitrogens with one attached hydrogen (secondary N) is 1. The lowest BCUT2D eigenvalue weighted by Gasteiger charge is -2.32. The van der Waals surface area contributed by atoms with E-state index in [1.54, 1.807) is 4.90 Å². The summed E-state index contributed by atoms with van der Waals surface area (Å²) in [5.41, 5.74) is 5.48. The zero-order valence-corrected chi connectivity index (χ0v) is 25.0. The molecule has 3 aromatic rings. The van der Waals surface area contributed by atoms with Crippen molar-refractivity contribution in [1.82, 2.24) is 10.2 Å². The molecule has 8 heteroatoms. The van der Waals surface area contributed by atoms with E-state index in [-0.39, 0.29) is 31.3 Å². The zero-order valence-electron chi connectivity index (χ0n) is 24.2. The Hall–Kier alpha value is -3.65. The Morgan fingerprint density at radius 2 is 1.52 bits per heavy atom. The van der Waals surface area contributed by atoms with Gasteiger partial charge in [-0.05, 0) is 74.1 Å². The molecule has 0 saturated heterocycles. The number of anilines is 1. The lowest BCUT2D eigenvalue weighted by molar-refractivity contribution is -0.141. The van der Waals surface area contributed by atoms with E-state index in [2.05, 4.69) is 5.32 Å². The summed E-state index contributed by atoms with van der Waals surface area (Å²) in [5, 5.41) is 2.91. The first kappa shape index (κ1) is 30.9. The average Bonchev–Trinajstić information content (AvgIpc) is 2.89. The normalized spacial score (nSPS) is 12.0. The second-order valence-corrected chi connectivity index (χ2v) is 12.2. The van der Waals surface area contributed by atoms with E-state index < -0.39 is 16.1 Å².